The number of urea groups is 1. The number of rotatable bonds is 9. The van der Waals surface area contributed by atoms with Gasteiger partial charge in [0.25, 0.3) is 0 Å². The first-order chi connectivity index (χ1) is 16.8. The highest BCUT2D eigenvalue weighted by Crippen LogP contribution is 2.34. The third-order valence-corrected chi connectivity index (χ3v) is 6.53. The second-order valence-electron chi connectivity index (χ2n) is 7.53. The summed E-state index contributed by atoms with van der Waals surface area (Å²) in [5.74, 6) is 1.12. The van der Waals surface area contributed by atoms with Gasteiger partial charge < -0.3 is 14.8 Å². The Morgan fingerprint density at radius 1 is 1.14 bits per heavy atom. The smallest absolute Gasteiger partial charge is 0.339 e. The largest absolute Gasteiger partial charge is 0.493 e. The van der Waals surface area contributed by atoms with E-state index in [0.29, 0.717) is 33.7 Å². The average molecular weight is 577 g/mol. The third kappa shape index (κ3) is 7.49. The maximum atomic E-state index is 12.2. The first-order valence-corrected chi connectivity index (χ1v) is 12.1. The third-order valence-electron chi connectivity index (χ3n) is 4.90. The highest BCUT2D eigenvalue weighted by molar-refractivity contribution is 9.10. The number of methoxy groups -OCH3 is 1. The lowest BCUT2D eigenvalue weighted by Crippen LogP contribution is -2.24. The van der Waals surface area contributed by atoms with Crippen LogP contribution in [0.1, 0.15) is 22.3 Å². The predicted molar refractivity (Wildman–Crippen MR) is 146 cm³/mol. The Labute approximate surface area is 223 Å². The highest BCUT2D eigenvalue weighted by Gasteiger charge is 2.13. The van der Waals surface area contributed by atoms with Crippen LogP contribution in [-0.4, -0.2) is 19.4 Å². The van der Waals surface area contributed by atoms with Crippen LogP contribution in [0.15, 0.2) is 70.8 Å². The molecule has 0 aliphatic carbocycles. The zero-order valence-corrected chi connectivity index (χ0v) is 22.3. The SMILES string of the molecule is C=CCc1cc(/C=N/NC(=O)Nc2ccc(Br)c(C)c2)cc(OC)c1OCc1ccc(Cl)c(Cl)c1. The standard InChI is InChI=1S/C26H24BrCl2N3O3/c1-4-5-19-11-18(14-30-32-26(33)31-20-7-8-21(27)16(2)10-20)13-24(34-3)25(19)35-15-17-6-9-22(28)23(29)12-17/h4,6-14H,1,5,15H2,2-3H3,(H2,31,32,33)/b30-14+. The first kappa shape index (κ1) is 26.6. The highest BCUT2D eigenvalue weighted by atomic mass is 79.9. The van der Waals surface area contributed by atoms with Crippen LogP contribution in [0.25, 0.3) is 0 Å². The summed E-state index contributed by atoms with van der Waals surface area (Å²) in [7, 11) is 1.56. The molecule has 0 spiro atoms. The van der Waals surface area contributed by atoms with E-state index in [1.54, 1.807) is 37.5 Å². The number of hydrogen-bond donors (Lipinski definition) is 2. The second-order valence-corrected chi connectivity index (χ2v) is 9.20. The van der Waals surface area contributed by atoms with Crippen molar-refractivity contribution in [3.05, 3.63) is 98.0 Å². The second kappa shape index (κ2) is 12.6. The van der Waals surface area contributed by atoms with Crippen LogP contribution in [-0.2, 0) is 13.0 Å². The molecular formula is C26H24BrCl2N3O3. The summed E-state index contributed by atoms with van der Waals surface area (Å²) in [6.07, 6.45) is 3.85. The normalized spacial score (nSPS) is 10.8. The fraction of sp³-hybridized carbons (Fsp3) is 0.154. The van der Waals surface area contributed by atoms with Crippen LogP contribution in [0.2, 0.25) is 10.0 Å². The zero-order valence-electron chi connectivity index (χ0n) is 19.2. The molecule has 0 saturated heterocycles. The monoisotopic (exact) mass is 575 g/mol. The van der Waals surface area contributed by atoms with Gasteiger partial charge in [0.1, 0.15) is 6.61 Å². The number of hydrazone groups is 1. The molecule has 0 aromatic heterocycles. The molecule has 2 N–H and O–H groups in total. The molecule has 182 valence electrons. The van der Waals surface area contributed by atoms with Gasteiger partial charge in [-0.3, -0.25) is 0 Å². The Bertz CT molecular complexity index is 1260. The minimum atomic E-state index is -0.456. The van der Waals surface area contributed by atoms with Gasteiger partial charge in [0.15, 0.2) is 11.5 Å². The van der Waals surface area contributed by atoms with Crippen molar-refractivity contribution in [1.29, 1.82) is 0 Å². The predicted octanol–water partition coefficient (Wildman–Crippen LogP) is 7.54. The Morgan fingerprint density at radius 3 is 2.63 bits per heavy atom. The number of aryl methyl sites for hydroxylation is 1. The van der Waals surface area contributed by atoms with Crippen LogP contribution < -0.4 is 20.2 Å². The van der Waals surface area contributed by atoms with Crippen molar-refractivity contribution >= 4 is 57.1 Å². The van der Waals surface area contributed by atoms with Crippen LogP contribution >= 0.6 is 39.1 Å². The van der Waals surface area contributed by atoms with Gasteiger partial charge in [0, 0.05) is 15.7 Å². The molecule has 0 aliphatic rings. The summed E-state index contributed by atoms with van der Waals surface area (Å²) in [6.45, 7) is 6.05. The molecule has 0 heterocycles. The van der Waals surface area contributed by atoms with Gasteiger partial charge in [0.05, 0.1) is 23.4 Å². The Kier molecular flexibility index (Phi) is 9.60. The minimum absolute atomic E-state index is 0.280. The summed E-state index contributed by atoms with van der Waals surface area (Å²) in [5, 5.41) is 7.74. The van der Waals surface area contributed by atoms with Gasteiger partial charge >= 0.3 is 6.03 Å². The average Bonchev–Trinajstić information content (AvgIpc) is 2.82. The van der Waals surface area contributed by atoms with E-state index in [1.165, 1.54) is 6.21 Å². The molecule has 2 amide bonds. The number of halogens is 3. The molecule has 0 saturated carbocycles. The number of carbonyl (C=O) groups excluding carboxylic acids is 1. The molecule has 9 heteroatoms. The molecular weight excluding hydrogens is 553 g/mol. The number of amides is 2. The molecule has 35 heavy (non-hydrogen) atoms. The quantitative estimate of drug-likeness (QED) is 0.157. The molecule has 0 unspecified atom stereocenters. The lowest BCUT2D eigenvalue weighted by Gasteiger charge is -2.16. The first-order valence-electron chi connectivity index (χ1n) is 10.6. The van der Waals surface area contributed by atoms with E-state index in [0.717, 1.165) is 26.7 Å². The summed E-state index contributed by atoms with van der Waals surface area (Å²) in [4.78, 5) is 12.2. The molecule has 6 nitrogen and oxygen atoms in total. The molecule has 0 radical (unpaired) electrons. The maximum Gasteiger partial charge on any atom is 0.339 e. The Hall–Kier alpha value is -3.00. The number of carbonyl (C=O) groups is 1. The summed E-state index contributed by atoms with van der Waals surface area (Å²) < 4.78 is 12.6. The van der Waals surface area contributed by atoms with E-state index in [9.17, 15) is 4.79 Å². The van der Waals surface area contributed by atoms with Gasteiger partial charge in [-0.1, -0.05) is 51.3 Å². The fourth-order valence-electron chi connectivity index (χ4n) is 3.21. The van der Waals surface area contributed by atoms with Gasteiger partial charge in [0.2, 0.25) is 0 Å². The minimum Gasteiger partial charge on any atom is -0.493 e. The zero-order chi connectivity index (χ0) is 25.4. The summed E-state index contributed by atoms with van der Waals surface area (Å²) >= 11 is 15.5. The van der Waals surface area contributed by atoms with Crippen LogP contribution in [0.4, 0.5) is 10.5 Å². The van der Waals surface area contributed by atoms with E-state index in [-0.39, 0.29) is 6.61 Å². The molecule has 3 aromatic carbocycles. The van der Waals surface area contributed by atoms with E-state index in [2.05, 4.69) is 38.4 Å². The van der Waals surface area contributed by atoms with E-state index < -0.39 is 6.03 Å². The lowest BCUT2D eigenvalue weighted by atomic mass is 10.1. The van der Waals surface area contributed by atoms with Crippen molar-refractivity contribution in [1.82, 2.24) is 5.43 Å². The van der Waals surface area contributed by atoms with Crippen molar-refractivity contribution in [2.45, 2.75) is 20.0 Å². The summed E-state index contributed by atoms with van der Waals surface area (Å²) in [6, 6.07) is 14.1. The van der Waals surface area contributed by atoms with Crippen molar-refractivity contribution in [2.24, 2.45) is 5.10 Å². The molecule has 3 aromatic rings. The Morgan fingerprint density at radius 2 is 1.94 bits per heavy atom. The van der Waals surface area contributed by atoms with Crippen molar-refractivity contribution in [3.8, 4) is 11.5 Å². The number of nitrogens with zero attached hydrogens (tertiary/aromatic N) is 1. The van der Waals surface area contributed by atoms with Crippen molar-refractivity contribution in [2.75, 3.05) is 12.4 Å². The molecule has 0 bridgehead atoms. The van der Waals surface area contributed by atoms with Crippen molar-refractivity contribution < 1.29 is 14.3 Å². The fourth-order valence-corrected chi connectivity index (χ4v) is 3.78. The number of benzene rings is 3. The topological polar surface area (TPSA) is 72.0 Å². The lowest BCUT2D eigenvalue weighted by molar-refractivity contribution is 0.252. The van der Waals surface area contributed by atoms with Gasteiger partial charge in [-0.05, 0) is 72.5 Å². The number of nitrogens with one attached hydrogen (secondary N) is 2. The van der Waals surface area contributed by atoms with E-state index in [1.807, 2.05) is 31.2 Å². The van der Waals surface area contributed by atoms with Crippen LogP contribution in [0.5, 0.6) is 11.5 Å². The summed E-state index contributed by atoms with van der Waals surface area (Å²) in [5.41, 5.74) is 6.59. The molecule has 3 rings (SSSR count). The van der Waals surface area contributed by atoms with Gasteiger partial charge in [-0.25, -0.2) is 10.2 Å². The maximum absolute atomic E-state index is 12.2. The van der Waals surface area contributed by atoms with Crippen molar-refractivity contribution in [3.63, 3.8) is 0 Å². The van der Waals surface area contributed by atoms with Gasteiger partial charge in [-0.2, -0.15) is 5.10 Å². The molecule has 0 fully saturated rings. The molecule has 0 atom stereocenters. The van der Waals surface area contributed by atoms with Crippen LogP contribution in [0.3, 0.4) is 0 Å². The van der Waals surface area contributed by atoms with Gasteiger partial charge in [-0.15, -0.1) is 6.58 Å². The number of hydrogen-bond acceptors (Lipinski definition) is 4. The Balaban J connectivity index is 1.72. The molecule has 0 aliphatic heterocycles. The van der Waals surface area contributed by atoms with E-state index in [4.69, 9.17) is 32.7 Å². The van der Waals surface area contributed by atoms with Crippen LogP contribution in [0, 0.1) is 6.92 Å². The number of ether oxygens (including phenoxy) is 2. The van der Waals surface area contributed by atoms with E-state index >= 15 is 0 Å². The number of anilines is 1. The number of allylic oxidation sites excluding steroid dienone is 1.